The number of aryl methyl sites for hydroxylation is 2. The van der Waals surface area contributed by atoms with Gasteiger partial charge in [-0.05, 0) is 55.8 Å². The first-order chi connectivity index (χ1) is 13.1. The molecule has 0 aliphatic heterocycles. The zero-order valence-corrected chi connectivity index (χ0v) is 15.0. The van der Waals surface area contributed by atoms with Gasteiger partial charge in [0.05, 0.1) is 6.26 Å². The van der Waals surface area contributed by atoms with Crippen molar-refractivity contribution >= 4 is 11.6 Å². The Balaban J connectivity index is 1.53. The van der Waals surface area contributed by atoms with Gasteiger partial charge in [0.2, 0.25) is 5.89 Å². The number of carbonyl (C=O) groups is 1. The van der Waals surface area contributed by atoms with Crippen molar-refractivity contribution in [3.8, 4) is 22.7 Å². The number of aromatic nitrogens is 1. The summed E-state index contributed by atoms with van der Waals surface area (Å²) in [7, 11) is 0. The Morgan fingerprint density at radius 3 is 2.52 bits per heavy atom. The summed E-state index contributed by atoms with van der Waals surface area (Å²) < 4.78 is 10.7. The average Bonchev–Trinajstić information content (AvgIpc) is 3.35. The van der Waals surface area contributed by atoms with Gasteiger partial charge in [-0.25, -0.2) is 4.98 Å². The van der Waals surface area contributed by atoms with E-state index in [4.69, 9.17) is 8.83 Å². The highest BCUT2D eigenvalue weighted by atomic mass is 16.3. The predicted molar refractivity (Wildman–Crippen MR) is 104 cm³/mol. The second-order valence-electron chi connectivity index (χ2n) is 6.37. The lowest BCUT2D eigenvalue weighted by Gasteiger charge is -2.04. The van der Waals surface area contributed by atoms with Crippen LogP contribution in [0.5, 0.6) is 0 Å². The normalized spacial score (nSPS) is 10.7. The van der Waals surface area contributed by atoms with Crippen LogP contribution < -0.4 is 5.32 Å². The van der Waals surface area contributed by atoms with Gasteiger partial charge >= 0.3 is 0 Å². The van der Waals surface area contributed by atoms with Crippen molar-refractivity contribution in [2.45, 2.75) is 13.8 Å². The van der Waals surface area contributed by atoms with Crippen LogP contribution in [-0.4, -0.2) is 10.9 Å². The molecule has 2 heterocycles. The molecule has 5 heteroatoms. The Morgan fingerprint density at radius 2 is 1.81 bits per heavy atom. The van der Waals surface area contributed by atoms with Crippen LogP contribution in [0.15, 0.2) is 76.0 Å². The maximum atomic E-state index is 12.0. The molecule has 134 valence electrons. The molecule has 0 atom stereocenters. The maximum Gasteiger partial charge on any atom is 0.291 e. The summed E-state index contributed by atoms with van der Waals surface area (Å²) in [6.07, 6.45) is 3.13. The molecule has 0 saturated carbocycles. The van der Waals surface area contributed by atoms with Crippen LogP contribution in [0.3, 0.4) is 0 Å². The van der Waals surface area contributed by atoms with Crippen molar-refractivity contribution < 1.29 is 13.6 Å². The monoisotopic (exact) mass is 358 g/mol. The second kappa shape index (κ2) is 6.96. The van der Waals surface area contributed by atoms with E-state index >= 15 is 0 Å². The van der Waals surface area contributed by atoms with Crippen molar-refractivity contribution in [1.82, 2.24) is 4.98 Å². The minimum Gasteiger partial charge on any atom is -0.459 e. The molecule has 27 heavy (non-hydrogen) atoms. The van der Waals surface area contributed by atoms with Gasteiger partial charge in [-0.1, -0.05) is 23.8 Å². The van der Waals surface area contributed by atoms with Crippen molar-refractivity contribution in [1.29, 1.82) is 0 Å². The van der Waals surface area contributed by atoms with Crippen LogP contribution >= 0.6 is 0 Å². The minimum atomic E-state index is -0.291. The van der Waals surface area contributed by atoms with Crippen LogP contribution in [0, 0.1) is 13.8 Å². The molecule has 1 amide bonds. The third kappa shape index (κ3) is 3.53. The summed E-state index contributed by atoms with van der Waals surface area (Å²) >= 11 is 0. The first-order valence-electron chi connectivity index (χ1n) is 8.58. The SMILES string of the molecule is Cc1ccc(-c2coc(-c3ccc(NC(=O)c4ccco4)cc3)n2)c(C)c1. The van der Waals surface area contributed by atoms with Crippen LogP contribution in [0.25, 0.3) is 22.7 Å². The third-order valence-electron chi connectivity index (χ3n) is 4.30. The molecule has 0 spiro atoms. The number of nitrogens with one attached hydrogen (secondary N) is 1. The van der Waals surface area contributed by atoms with Gasteiger partial charge in [0.1, 0.15) is 12.0 Å². The number of anilines is 1. The Kier molecular flexibility index (Phi) is 4.34. The molecule has 0 saturated heterocycles. The summed E-state index contributed by atoms with van der Waals surface area (Å²) in [6.45, 7) is 4.13. The van der Waals surface area contributed by atoms with Crippen LogP contribution in [-0.2, 0) is 0 Å². The van der Waals surface area contributed by atoms with Gasteiger partial charge in [0.25, 0.3) is 5.91 Å². The van der Waals surface area contributed by atoms with Crippen LogP contribution in [0.1, 0.15) is 21.7 Å². The minimum absolute atomic E-state index is 0.268. The van der Waals surface area contributed by atoms with E-state index in [0.717, 1.165) is 22.4 Å². The summed E-state index contributed by atoms with van der Waals surface area (Å²) in [5, 5.41) is 2.78. The van der Waals surface area contributed by atoms with Crippen molar-refractivity contribution in [3.05, 3.63) is 84.0 Å². The fourth-order valence-electron chi connectivity index (χ4n) is 2.93. The summed E-state index contributed by atoms with van der Waals surface area (Å²) in [4.78, 5) is 16.6. The maximum absolute atomic E-state index is 12.0. The molecule has 0 unspecified atom stereocenters. The average molecular weight is 358 g/mol. The van der Waals surface area contributed by atoms with Gasteiger partial charge in [-0.3, -0.25) is 4.79 Å². The van der Waals surface area contributed by atoms with Gasteiger partial charge in [0, 0.05) is 16.8 Å². The molecule has 2 aromatic heterocycles. The standard InChI is InChI=1S/C22H18N2O3/c1-14-5-10-18(15(2)12-14)19-13-27-22(24-19)16-6-8-17(9-7-16)23-21(25)20-4-3-11-26-20/h3-13H,1-2H3,(H,23,25). The van der Waals surface area contributed by atoms with Crippen molar-refractivity contribution in [3.63, 3.8) is 0 Å². The number of oxazole rings is 1. The Hall–Kier alpha value is -3.60. The first-order valence-corrected chi connectivity index (χ1v) is 8.58. The summed E-state index contributed by atoms with van der Waals surface area (Å²) in [6, 6.07) is 16.9. The van der Waals surface area contributed by atoms with E-state index < -0.39 is 0 Å². The highest BCUT2D eigenvalue weighted by Crippen LogP contribution is 2.28. The number of furan rings is 1. The highest BCUT2D eigenvalue weighted by molar-refractivity contribution is 6.02. The number of nitrogens with zero attached hydrogens (tertiary/aromatic N) is 1. The largest absolute Gasteiger partial charge is 0.459 e. The molecule has 5 nitrogen and oxygen atoms in total. The quantitative estimate of drug-likeness (QED) is 0.525. The first kappa shape index (κ1) is 16.8. The lowest BCUT2D eigenvalue weighted by Crippen LogP contribution is -2.10. The van der Waals surface area contributed by atoms with E-state index in [1.807, 2.05) is 12.1 Å². The Bertz CT molecular complexity index is 1080. The van der Waals surface area contributed by atoms with E-state index in [0.29, 0.717) is 11.6 Å². The van der Waals surface area contributed by atoms with E-state index in [1.54, 1.807) is 30.5 Å². The molecule has 4 rings (SSSR count). The molecule has 0 aliphatic carbocycles. The number of carbonyl (C=O) groups excluding carboxylic acids is 1. The zero-order chi connectivity index (χ0) is 18.8. The topological polar surface area (TPSA) is 68.3 Å². The smallest absolute Gasteiger partial charge is 0.291 e. The molecule has 0 aliphatic rings. The van der Waals surface area contributed by atoms with E-state index in [9.17, 15) is 4.79 Å². The van der Waals surface area contributed by atoms with E-state index in [2.05, 4.69) is 42.3 Å². The number of benzene rings is 2. The fraction of sp³-hybridized carbons (Fsp3) is 0.0909. The summed E-state index contributed by atoms with van der Waals surface area (Å²) in [5.41, 5.74) is 5.73. The number of hydrogen-bond donors (Lipinski definition) is 1. The zero-order valence-electron chi connectivity index (χ0n) is 15.0. The number of rotatable bonds is 4. The molecular formula is C22H18N2O3. The molecule has 0 fully saturated rings. The van der Waals surface area contributed by atoms with Gasteiger partial charge in [0.15, 0.2) is 5.76 Å². The fourth-order valence-corrected chi connectivity index (χ4v) is 2.93. The number of hydrogen-bond acceptors (Lipinski definition) is 4. The van der Waals surface area contributed by atoms with Crippen molar-refractivity contribution in [2.75, 3.05) is 5.32 Å². The predicted octanol–water partition coefficient (Wildman–Crippen LogP) is 5.47. The lowest BCUT2D eigenvalue weighted by molar-refractivity contribution is 0.0996. The third-order valence-corrected chi connectivity index (χ3v) is 4.30. The molecule has 0 radical (unpaired) electrons. The molecular weight excluding hydrogens is 340 g/mol. The second-order valence-corrected chi connectivity index (χ2v) is 6.37. The van der Waals surface area contributed by atoms with Crippen LogP contribution in [0.4, 0.5) is 5.69 Å². The van der Waals surface area contributed by atoms with Gasteiger partial charge in [-0.15, -0.1) is 0 Å². The van der Waals surface area contributed by atoms with Gasteiger partial charge < -0.3 is 14.2 Å². The van der Waals surface area contributed by atoms with Gasteiger partial charge in [-0.2, -0.15) is 0 Å². The number of amides is 1. The van der Waals surface area contributed by atoms with E-state index in [1.165, 1.54) is 11.8 Å². The lowest BCUT2D eigenvalue weighted by atomic mass is 10.0. The Labute approximate surface area is 156 Å². The molecule has 2 aromatic carbocycles. The molecule has 4 aromatic rings. The van der Waals surface area contributed by atoms with Crippen LogP contribution in [0.2, 0.25) is 0 Å². The Morgan fingerprint density at radius 1 is 1.00 bits per heavy atom. The summed E-state index contributed by atoms with van der Waals surface area (Å²) in [5.74, 6) is 0.514. The highest BCUT2D eigenvalue weighted by Gasteiger charge is 2.12. The molecule has 1 N–H and O–H groups in total. The van der Waals surface area contributed by atoms with E-state index in [-0.39, 0.29) is 11.7 Å². The van der Waals surface area contributed by atoms with Crippen molar-refractivity contribution in [2.24, 2.45) is 0 Å². The molecule has 0 bridgehead atoms.